The molecule has 8 heteroatoms. The molecule has 2 heterocycles. The molecule has 1 saturated carbocycles. The van der Waals surface area contributed by atoms with Crippen molar-refractivity contribution in [2.24, 2.45) is 0 Å². The number of fused-ring (bicyclic) bond motifs is 1. The number of amides is 1. The van der Waals surface area contributed by atoms with E-state index in [0.717, 1.165) is 29.3 Å². The second-order valence-corrected chi connectivity index (χ2v) is 11.3. The largest absolute Gasteiger partial charge is 0.497 e. The highest BCUT2D eigenvalue weighted by molar-refractivity contribution is 8.02. The minimum absolute atomic E-state index is 0.122. The summed E-state index contributed by atoms with van der Waals surface area (Å²) in [4.78, 5) is 26.8. The number of thioether (sulfide) groups is 1. The Bertz CT molecular complexity index is 1060. The smallest absolute Gasteiger partial charge is 0.273 e. The average Bonchev–Trinajstić information content (AvgIpc) is 3.16. The van der Waals surface area contributed by atoms with Crippen LogP contribution in [-0.2, 0) is 17.9 Å². The number of aromatic nitrogens is 2. The zero-order valence-corrected chi connectivity index (χ0v) is 23.7. The van der Waals surface area contributed by atoms with Crippen LogP contribution in [0.3, 0.4) is 0 Å². The fraction of sp³-hybridized carbons (Fsp3) is 0.552. The van der Waals surface area contributed by atoms with E-state index in [2.05, 4.69) is 24.4 Å². The highest BCUT2D eigenvalue weighted by Gasteiger charge is 2.43. The molecule has 1 aliphatic heterocycles. The Morgan fingerprint density at radius 2 is 1.97 bits per heavy atom. The molecular weight excluding hydrogens is 484 g/mol. The molecule has 2 unspecified atom stereocenters. The molecule has 37 heavy (non-hydrogen) atoms. The third kappa shape index (κ3) is 7.48. The number of rotatable bonds is 8. The summed E-state index contributed by atoms with van der Waals surface area (Å²) in [5, 5.41) is 10.1. The van der Waals surface area contributed by atoms with Gasteiger partial charge in [-0.1, -0.05) is 43.9 Å². The fourth-order valence-corrected chi connectivity index (χ4v) is 5.48. The maximum absolute atomic E-state index is 13.3. The third-order valence-corrected chi connectivity index (χ3v) is 8.26. The van der Waals surface area contributed by atoms with Gasteiger partial charge in [-0.15, -0.1) is 11.8 Å². The first-order valence-corrected chi connectivity index (χ1v) is 14.2. The van der Waals surface area contributed by atoms with E-state index < -0.39 is 5.54 Å². The van der Waals surface area contributed by atoms with Crippen molar-refractivity contribution in [1.29, 1.82) is 0 Å². The average molecular weight is 527 g/mol. The van der Waals surface area contributed by atoms with Crippen molar-refractivity contribution in [3.05, 3.63) is 58.8 Å². The predicted octanol–water partition coefficient (Wildman–Crippen LogP) is 5.76. The third-order valence-electron chi connectivity index (χ3n) is 7.18. The molecule has 1 aromatic heterocycles. The molecule has 7 nitrogen and oxygen atoms in total. The SMILES string of the molecule is C/C=C\SC(C)c1cc2n(n1)CC(C)(C=O)N(Cc1cccc(OC)c1)C2=O.CNC1CCCCCC1. The Hall–Kier alpha value is -2.58. The number of hydrogen-bond acceptors (Lipinski definition) is 6. The van der Waals surface area contributed by atoms with Gasteiger partial charge in [0.25, 0.3) is 5.91 Å². The monoisotopic (exact) mass is 526 g/mol. The molecule has 202 valence electrons. The summed E-state index contributed by atoms with van der Waals surface area (Å²) >= 11 is 1.64. The molecule has 1 amide bonds. The Balaban J connectivity index is 0.000000356. The minimum atomic E-state index is -0.962. The van der Waals surface area contributed by atoms with Gasteiger partial charge in [0, 0.05) is 12.6 Å². The molecule has 1 fully saturated rings. The van der Waals surface area contributed by atoms with Crippen molar-refractivity contribution in [3.8, 4) is 5.75 Å². The Morgan fingerprint density at radius 1 is 1.24 bits per heavy atom. The first-order chi connectivity index (χ1) is 17.8. The number of aldehydes is 1. The van der Waals surface area contributed by atoms with E-state index in [1.54, 1.807) is 35.4 Å². The summed E-state index contributed by atoms with van der Waals surface area (Å²) in [6.07, 6.45) is 11.4. The maximum atomic E-state index is 13.3. The van der Waals surface area contributed by atoms with Crippen LogP contribution in [-0.4, -0.2) is 52.6 Å². The number of hydrogen-bond donors (Lipinski definition) is 1. The number of nitrogens with one attached hydrogen (secondary N) is 1. The number of methoxy groups -OCH3 is 1. The van der Waals surface area contributed by atoms with Crippen LogP contribution in [0, 0.1) is 0 Å². The van der Waals surface area contributed by atoms with Crippen LogP contribution in [0.1, 0.15) is 86.3 Å². The van der Waals surface area contributed by atoms with Crippen LogP contribution in [0.15, 0.2) is 41.8 Å². The first-order valence-electron chi connectivity index (χ1n) is 13.3. The van der Waals surface area contributed by atoms with E-state index in [9.17, 15) is 9.59 Å². The van der Waals surface area contributed by atoms with Crippen molar-refractivity contribution in [3.63, 3.8) is 0 Å². The van der Waals surface area contributed by atoms with Gasteiger partial charge in [0.05, 0.1) is 24.6 Å². The molecular formula is C29H42N4O3S. The molecule has 4 rings (SSSR count). The van der Waals surface area contributed by atoms with Gasteiger partial charge in [0.1, 0.15) is 23.3 Å². The predicted molar refractivity (Wildman–Crippen MR) is 151 cm³/mol. The van der Waals surface area contributed by atoms with Crippen molar-refractivity contribution in [2.75, 3.05) is 14.2 Å². The highest BCUT2D eigenvalue weighted by Crippen LogP contribution is 2.33. The molecule has 1 aromatic carbocycles. The van der Waals surface area contributed by atoms with Gasteiger partial charge in [-0.2, -0.15) is 5.10 Å². The van der Waals surface area contributed by atoms with Gasteiger partial charge in [0.2, 0.25) is 0 Å². The second-order valence-electron chi connectivity index (χ2n) is 10.1. The zero-order valence-electron chi connectivity index (χ0n) is 22.9. The van der Waals surface area contributed by atoms with Gasteiger partial charge in [-0.25, -0.2) is 0 Å². The van der Waals surface area contributed by atoms with Crippen molar-refractivity contribution >= 4 is 24.0 Å². The molecule has 0 spiro atoms. The van der Waals surface area contributed by atoms with Crippen LogP contribution < -0.4 is 10.1 Å². The number of benzene rings is 1. The lowest BCUT2D eigenvalue weighted by molar-refractivity contribution is -0.118. The van der Waals surface area contributed by atoms with Crippen molar-refractivity contribution in [1.82, 2.24) is 20.0 Å². The molecule has 0 saturated heterocycles. The highest BCUT2D eigenvalue weighted by atomic mass is 32.2. The van der Waals surface area contributed by atoms with Crippen molar-refractivity contribution in [2.45, 2.75) is 89.2 Å². The lowest BCUT2D eigenvalue weighted by Crippen LogP contribution is -2.57. The zero-order chi connectivity index (χ0) is 26.8. The van der Waals surface area contributed by atoms with Gasteiger partial charge in [-0.05, 0) is 69.8 Å². The molecule has 2 aliphatic rings. The fourth-order valence-electron chi connectivity index (χ4n) is 4.83. The molecule has 0 radical (unpaired) electrons. The van der Waals surface area contributed by atoms with Gasteiger partial charge in [0.15, 0.2) is 0 Å². The second kappa shape index (κ2) is 13.8. The Labute approximate surface area is 226 Å². The number of ether oxygens (including phenoxy) is 1. The van der Waals surface area contributed by atoms with E-state index in [4.69, 9.17) is 4.74 Å². The lowest BCUT2D eigenvalue weighted by atomic mass is 9.97. The summed E-state index contributed by atoms with van der Waals surface area (Å²) in [5.74, 6) is 0.530. The van der Waals surface area contributed by atoms with Crippen molar-refractivity contribution < 1.29 is 14.3 Å². The topological polar surface area (TPSA) is 76.5 Å². The Kier molecular flexibility index (Phi) is 10.8. The summed E-state index contributed by atoms with van der Waals surface area (Å²) in [5.41, 5.74) is 1.30. The van der Waals surface area contributed by atoms with Crippen LogP contribution >= 0.6 is 11.8 Å². The van der Waals surface area contributed by atoms with Crippen LogP contribution in [0.5, 0.6) is 5.75 Å². The summed E-state index contributed by atoms with van der Waals surface area (Å²) < 4.78 is 6.94. The van der Waals surface area contributed by atoms with E-state index >= 15 is 0 Å². The summed E-state index contributed by atoms with van der Waals surface area (Å²) in [6, 6.07) is 10.2. The lowest BCUT2D eigenvalue weighted by Gasteiger charge is -2.41. The van der Waals surface area contributed by atoms with Gasteiger partial charge >= 0.3 is 0 Å². The Morgan fingerprint density at radius 3 is 2.59 bits per heavy atom. The molecule has 2 aromatic rings. The standard InChI is InChI=1S/C21H25N3O3S.C8H17N/c1-5-9-28-15(2)18-11-19-20(26)23(21(3,14-25)13-24(19)22-18)12-16-7-6-8-17(10-16)27-4;1-9-8-6-4-2-3-5-7-8/h5-11,14-15H,12-13H2,1-4H3;8-9H,2-7H2,1H3/b9-5-;. The van der Waals surface area contributed by atoms with Crippen LogP contribution in [0.25, 0.3) is 0 Å². The number of allylic oxidation sites excluding steroid dienone is 1. The van der Waals surface area contributed by atoms with Gasteiger partial charge in [-0.3, -0.25) is 9.48 Å². The quantitative estimate of drug-likeness (QED) is 0.348. The molecule has 1 N–H and O–H groups in total. The van der Waals surface area contributed by atoms with Crippen LogP contribution in [0.4, 0.5) is 0 Å². The molecule has 1 aliphatic carbocycles. The van der Waals surface area contributed by atoms with E-state index in [-0.39, 0.29) is 11.2 Å². The van der Waals surface area contributed by atoms with E-state index in [1.165, 1.54) is 38.5 Å². The minimum Gasteiger partial charge on any atom is -0.497 e. The summed E-state index contributed by atoms with van der Waals surface area (Å²) in [6.45, 7) is 6.46. The van der Waals surface area contributed by atoms with E-state index in [1.807, 2.05) is 48.7 Å². The maximum Gasteiger partial charge on any atom is 0.273 e. The number of nitrogens with zero attached hydrogens (tertiary/aromatic N) is 3. The number of carbonyl (C=O) groups is 2. The van der Waals surface area contributed by atoms with E-state index in [0.29, 0.717) is 18.8 Å². The normalized spacial score (nSPS) is 21.1. The van der Waals surface area contributed by atoms with Crippen LogP contribution in [0.2, 0.25) is 0 Å². The van der Waals surface area contributed by atoms with Gasteiger partial charge < -0.3 is 19.7 Å². The summed E-state index contributed by atoms with van der Waals surface area (Å²) in [7, 11) is 3.68. The first kappa shape index (κ1) is 29.0. The molecule has 0 bridgehead atoms. The molecule has 2 atom stereocenters. The number of carbonyl (C=O) groups excluding carboxylic acids is 2.